The Morgan fingerprint density at radius 1 is 1.06 bits per heavy atom. The first-order chi connectivity index (χ1) is 7.99. The van der Waals surface area contributed by atoms with Gasteiger partial charge in [-0.25, -0.2) is 8.78 Å². The molecule has 0 saturated heterocycles. The zero-order valence-corrected chi connectivity index (χ0v) is 8.41. The van der Waals surface area contributed by atoms with Gasteiger partial charge < -0.3 is 15.1 Å². The number of aliphatic hydroxyl groups excluding tert-OH is 1. The molecule has 0 aliphatic heterocycles. The van der Waals surface area contributed by atoms with E-state index in [9.17, 15) is 18.4 Å². The van der Waals surface area contributed by atoms with Crippen LogP contribution in [0.4, 0.5) is 8.78 Å². The molecule has 0 fully saturated rings. The van der Waals surface area contributed by atoms with Crippen LogP contribution in [-0.2, 0) is 0 Å². The van der Waals surface area contributed by atoms with E-state index in [4.69, 9.17) is 5.11 Å². The summed E-state index contributed by atoms with van der Waals surface area (Å²) < 4.78 is 24.6. The molecule has 1 aromatic carbocycles. The van der Waals surface area contributed by atoms with Crippen molar-refractivity contribution in [2.45, 2.75) is 12.5 Å². The van der Waals surface area contributed by atoms with Crippen LogP contribution in [0.3, 0.4) is 0 Å². The Hall–Kier alpha value is -2.02. The third kappa shape index (κ3) is 2.09. The number of aliphatic hydroxyl groups is 1. The summed E-state index contributed by atoms with van der Waals surface area (Å²) in [4.78, 5) is 26.6. The second-order valence-electron chi connectivity index (χ2n) is 3.49. The Labute approximate surface area is 92.7 Å². The largest absolute Gasteiger partial charge is 0.382 e. The predicted octanol–water partition coefficient (Wildman–Crippen LogP) is 0.515. The zero-order valence-electron chi connectivity index (χ0n) is 8.41. The van der Waals surface area contributed by atoms with E-state index in [1.807, 2.05) is 0 Å². The molecule has 0 saturated carbocycles. The third-order valence-electron chi connectivity index (χ3n) is 2.33. The molecule has 0 amide bonds. The number of aromatic amines is 2. The molecular weight excluding hydrogens is 234 g/mol. The average molecular weight is 242 g/mol. The highest BCUT2D eigenvalue weighted by Crippen LogP contribution is 2.22. The molecule has 17 heavy (non-hydrogen) atoms. The second kappa shape index (κ2) is 4.10. The predicted molar refractivity (Wildman–Crippen MR) is 56.2 cm³/mol. The molecule has 0 radical (unpaired) electrons. The molecule has 0 bridgehead atoms. The fourth-order valence-corrected chi connectivity index (χ4v) is 1.46. The quantitative estimate of drug-likeness (QED) is 0.671. The van der Waals surface area contributed by atoms with E-state index in [2.05, 4.69) is 9.97 Å². The third-order valence-corrected chi connectivity index (χ3v) is 2.33. The molecule has 1 aromatic heterocycles. The van der Waals surface area contributed by atoms with Gasteiger partial charge >= 0.3 is 11.1 Å². The first-order valence-corrected chi connectivity index (χ1v) is 4.71. The van der Waals surface area contributed by atoms with Crippen molar-refractivity contribution in [2.75, 3.05) is 0 Å². The molecule has 3 N–H and O–H groups in total. The summed E-state index contributed by atoms with van der Waals surface area (Å²) in [5.74, 6) is 0. The van der Waals surface area contributed by atoms with Gasteiger partial charge in [0.1, 0.15) is 6.10 Å². The van der Waals surface area contributed by atoms with Gasteiger partial charge in [0.05, 0.1) is 11.0 Å². The van der Waals surface area contributed by atoms with E-state index in [1.54, 1.807) is 0 Å². The highest BCUT2D eigenvalue weighted by molar-refractivity contribution is 5.74. The Bertz CT molecular complexity index is 662. The van der Waals surface area contributed by atoms with Crippen LogP contribution in [0.15, 0.2) is 27.8 Å². The van der Waals surface area contributed by atoms with Crippen molar-refractivity contribution in [3.8, 4) is 0 Å². The first kappa shape index (κ1) is 11.5. The van der Waals surface area contributed by atoms with E-state index in [1.165, 1.54) is 18.2 Å². The monoisotopic (exact) mass is 242 g/mol. The lowest BCUT2D eigenvalue weighted by atomic mass is 10.1. The Morgan fingerprint density at radius 2 is 1.65 bits per heavy atom. The fourth-order valence-electron chi connectivity index (χ4n) is 1.46. The average Bonchev–Trinajstić information content (AvgIpc) is 2.29. The SMILES string of the molecule is O=c1[nH]c2ccc(C(O)C(F)F)cc2[nH]c1=O. The number of alkyl halides is 2. The van der Waals surface area contributed by atoms with E-state index in [-0.39, 0.29) is 11.1 Å². The lowest BCUT2D eigenvalue weighted by molar-refractivity contribution is -0.00571. The molecule has 0 aliphatic rings. The maximum absolute atomic E-state index is 12.3. The van der Waals surface area contributed by atoms with Gasteiger partial charge in [-0.3, -0.25) is 9.59 Å². The van der Waals surface area contributed by atoms with Crippen molar-refractivity contribution < 1.29 is 13.9 Å². The van der Waals surface area contributed by atoms with Gasteiger partial charge in [0, 0.05) is 0 Å². The highest BCUT2D eigenvalue weighted by Gasteiger charge is 2.19. The van der Waals surface area contributed by atoms with Crippen LogP contribution in [0.5, 0.6) is 0 Å². The number of benzene rings is 1. The number of H-pyrrole nitrogens is 2. The number of hydrogen-bond acceptors (Lipinski definition) is 3. The molecular formula is C10H8F2N2O3. The maximum Gasteiger partial charge on any atom is 0.314 e. The number of fused-ring (bicyclic) bond motifs is 1. The summed E-state index contributed by atoms with van der Waals surface area (Å²) in [5.41, 5.74) is -1.23. The molecule has 1 heterocycles. The lowest BCUT2D eigenvalue weighted by Gasteiger charge is -2.10. The van der Waals surface area contributed by atoms with Crippen LogP contribution in [0.25, 0.3) is 11.0 Å². The molecule has 2 aromatic rings. The number of halogens is 2. The topological polar surface area (TPSA) is 85.9 Å². The van der Waals surface area contributed by atoms with Crippen molar-refractivity contribution in [2.24, 2.45) is 0 Å². The summed E-state index contributed by atoms with van der Waals surface area (Å²) in [7, 11) is 0. The minimum absolute atomic E-state index is 0.0322. The van der Waals surface area contributed by atoms with Crippen molar-refractivity contribution >= 4 is 11.0 Å². The van der Waals surface area contributed by atoms with Crippen LogP contribution in [0.1, 0.15) is 11.7 Å². The van der Waals surface area contributed by atoms with Gasteiger partial charge in [-0.2, -0.15) is 0 Å². The second-order valence-corrected chi connectivity index (χ2v) is 3.49. The van der Waals surface area contributed by atoms with Crippen LogP contribution in [-0.4, -0.2) is 21.5 Å². The fraction of sp³-hybridized carbons (Fsp3) is 0.200. The van der Waals surface area contributed by atoms with E-state index < -0.39 is 23.6 Å². The van der Waals surface area contributed by atoms with Crippen molar-refractivity contribution in [1.29, 1.82) is 0 Å². The standard InChI is InChI=1S/C10H8F2N2O3/c11-8(12)7(15)4-1-2-5-6(3-4)14-10(17)9(16)13-5/h1-3,7-8,15H,(H,13,16)(H,14,17). The van der Waals surface area contributed by atoms with Gasteiger partial charge in [-0.05, 0) is 17.7 Å². The summed E-state index contributed by atoms with van der Waals surface area (Å²) in [6.07, 6.45) is -4.84. The van der Waals surface area contributed by atoms with Crippen molar-refractivity contribution in [3.63, 3.8) is 0 Å². The van der Waals surface area contributed by atoms with Gasteiger partial charge in [0.15, 0.2) is 0 Å². The summed E-state index contributed by atoms with van der Waals surface area (Å²) >= 11 is 0. The van der Waals surface area contributed by atoms with Crippen molar-refractivity contribution in [3.05, 3.63) is 44.5 Å². The Balaban J connectivity index is 2.62. The van der Waals surface area contributed by atoms with E-state index >= 15 is 0 Å². The maximum atomic E-state index is 12.3. The lowest BCUT2D eigenvalue weighted by Crippen LogP contribution is -2.29. The molecule has 1 atom stereocenters. The summed E-state index contributed by atoms with van der Waals surface area (Å²) in [6, 6.07) is 3.80. The summed E-state index contributed by atoms with van der Waals surface area (Å²) in [6.45, 7) is 0. The summed E-state index contributed by atoms with van der Waals surface area (Å²) in [5, 5.41) is 9.17. The normalized spacial score (nSPS) is 13.2. The van der Waals surface area contributed by atoms with Gasteiger partial charge in [-0.1, -0.05) is 6.07 Å². The minimum Gasteiger partial charge on any atom is -0.382 e. The van der Waals surface area contributed by atoms with Crippen LogP contribution >= 0.6 is 0 Å². The minimum atomic E-state index is -2.91. The van der Waals surface area contributed by atoms with E-state index in [0.29, 0.717) is 5.52 Å². The van der Waals surface area contributed by atoms with E-state index in [0.717, 1.165) is 0 Å². The molecule has 7 heteroatoms. The molecule has 0 spiro atoms. The number of hydrogen-bond donors (Lipinski definition) is 3. The Morgan fingerprint density at radius 3 is 2.24 bits per heavy atom. The molecule has 2 rings (SSSR count). The number of aromatic nitrogens is 2. The molecule has 5 nitrogen and oxygen atoms in total. The van der Waals surface area contributed by atoms with Gasteiger partial charge in [0.25, 0.3) is 6.43 Å². The highest BCUT2D eigenvalue weighted by atomic mass is 19.3. The van der Waals surface area contributed by atoms with Crippen LogP contribution in [0.2, 0.25) is 0 Å². The zero-order chi connectivity index (χ0) is 12.6. The molecule has 90 valence electrons. The number of rotatable bonds is 2. The van der Waals surface area contributed by atoms with Crippen LogP contribution in [0, 0.1) is 0 Å². The van der Waals surface area contributed by atoms with Crippen LogP contribution < -0.4 is 11.1 Å². The molecule has 1 unspecified atom stereocenters. The van der Waals surface area contributed by atoms with Crippen molar-refractivity contribution in [1.82, 2.24) is 9.97 Å². The van der Waals surface area contributed by atoms with Gasteiger partial charge in [-0.15, -0.1) is 0 Å². The number of nitrogens with one attached hydrogen (secondary N) is 2. The smallest absolute Gasteiger partial charge is 0.314 e. The molecule has 0 aliphatic carbocycles. The van der Waals surface area contributed by atoms with Gasteiger partial charge in [0.2, 0.25) is 0 Å². The first-order valence-electron chi connectivity index (χ1n) is 4.71. The Kier molecular flexibility index (Phi) is 2.76.